The number of hydrogen-bond acceptors (Lipinski definition) is 5. The smallest absolute Gasteiger partial charge is 0.104 e. The van der Waals surface area contributed by atoms with E-state index in [9.17, 15) is 0 Å². The fourth-order valence-electron chi connectivity index (χ4n) is 3.22. The van der Waals surface area contributed by atoms with Gasteiger partial charge in [0, 0.05) is 28.7 Å². The van der Waals surface area contributed by atoms with Gasteiger partial charge in [-0.05, 0) is 42.5 Å². The number of pyridine rings is 2. The molecule has 0 radical (unpaired) electrons. The summed E-state index contributed by atoms with van der Waals surface area (Å²) in [7, 11) is 0. The zero-order valence-electron chi connectivity index (χ0n) is 13.6. The van der Waals surface area contributed by atoms with E-state index in [2.05, 4.69) is 21.8 Å². The van der Waals surface area contributed by atoms with Crippen molar-refractivity contribution in [3.8, 4) is 11.8 Å². The Kier molecular flexibility index (Phi) is 3.24. The molecule has 122 valence electrons. The van der Waals surface area contributed by atoms with Crippen LogP contribution in [0, 0.1) is 11.8 Å². The molecule has 5 rings (SSSR count). The van der Waals surface area contributed by atoms with Crippen LogP contribution in [0.25, 0.3) is 43.9 Å². The van der Waals surface area contributed by atoms with Gasteiger partial charge in [0.25, 0.3) is 0 Å². The quantitative estimate of drug-likeness (QED) is 0.267. The minimum atomic E-state index is -0.170. The van der Waals surface area contributed by atoms with Crippen molar-refractivity contribution in [3.05, 3.63) is 60.4 Å². The number of rotatable bonds is 0. The van der Waals surface area contributed by atoms with E-state index in [1.807, 2.05) is 42.5 Å². The number of benzene rings is 2. The molecule has 0 fully saturated rings. The molecule has 2 aromatic carbocycles. The molecule has 0 spiro atoms. The lowest BCUT2D eigenvalue weighted by Gasteiger charge is -2.08. The van der Waals surface area contributed by atoms with Crippen molar-refractivity contribution in [2.24, 2.45) is 0 Å². The molecule has 0 unspecified atom stereocenters. The van der Waals surface area contributed by atoms with Crippen LogP contribution in [-0.4, -0.2) is 31.6 Å². The number of hydrogen-bond donors (Lipinski definition) is 1. The molecule has 0 atom stereocenters. The van der Waals surface area contributed by atoms with Gasteiger partial charge in [-0.1, -0.05) is 11.8 Å². The van der Waals surface area contributed by atoms with Gasteiger partial charge in [0.15, 0.2) is 0 Å². The molecule has 0 aliphatic rings. The Balaban J connectivity index is 1.96. The molecule has 26 heavy (non-hydrogen) atoms. The number of nitrogens with zero attached hydrogens (tertiary/aromatic N) is 4. The van der Waals surface area contributed by atoms with E-state index in [0.717, 1.165) is 49.4 Å². The van der Waals surface area contributed by atoms with E-state index in [1.165, 1.54) is 0 Å². The van der Waals surface area contributed by atoms with Crippen molar-refractivity contribution < 1.29 is 5.11 Å². The first-order chi connectivity index (χ1) is 12.8. The zero-order valence-corrected chi connectivity index (χ0v) is 13.6. The molecule has 5 nitrogen and oxygen atoms in total. The molecule has 0 bridgehead atoms. The standard InChI is InChI=1S/C21H12N4O/c26-11-3-4-13-7-8-16-17(12-13)25-21-15-6-2-10-23-19(15)18-14(20(21)24-16)5-1-9-22-18/h1-2,5-10,12,26H,11H2. The Morgan fingerprint density at radius 2 is 1.42 bits per heavy atom. The predicted molar refractivity (Wildman–Crippen MR) is 102 cm³/mol. The molecule has 0 saturated carbocycles. The van der Waals surface area contributed by atoms with Crippen LogP contribution in [0.1, 0.15) is 5.56 Å². The monoisotopic (exact) mass is 336 g/mol. The second-order valence-corrected chi connectivity index (χ2v) is 5.88. The molecule has 5 aromatic rings. The summed E-state index contributed by atoms with van der Waals surface area (Å²) in [5.74, 6) is 5.57. The van der Waals surface area contributed by atoms with E-state index in [1.54, 1.807) is 12.4 Å². The third kappa shape index (κ3) is 2.17. The van der Waals surface area contributed by atoms with Gasteiger partial charge in [-0.15, -0.1) is 0 Å². The summed E-state index contributed by atoms with van der Waals surface area (Å²) < 4.78 is 0. The van der Waals surface area contributed by atoms with Crippen LogP contribution in [0.15, 0.2) is 54.9 Å². The summed E-state index contributed by atoms with van der Waals surface area (Å²) in [6.07, 6.45) is 3.53. The van der Waals surface area contributed by atoms with E-state index < -0.39 is 0 Å². The Labute approximate surface area is 148 Å². The largest absolute Gasteiger partial charge is 0.384 e. The van der Waals surface area contributed by atoms with Crippen LogP contribution in [-0.2, 0) is 0 Å². The van der Waals surface area contributed by atoms with Gasteiger partial charge in [0.2, 0.25) is 0 Å². The molecule has 1 N–H and O–H groups in total. The van der Waals surface area contributed by atoms with Gasteiger partial charge in [-0.25, -0.2) is 9.97 Å². The third-order valence-electron chi connectivity index (χ3n) is 4.33. The topological polar surface area (TPSA) is 71.8 Å². The highest BCUT2D eigenvalue weighted by molar-refractivity contribution is 6.21. The Hall–Kier alpha value is -3.62. The van der Waals surface area contributed by atoms with Crippen molar-refractivity contribution in [1.29, 1.82) is 0 Å². The molecule has 0 amide bonds. The molecule has 0 aliphatic heterocycles. The maximum atomic E-state index is 8.89. The van der Waals surface area contributed by atoms with Crippen molar-refractivity contribution in [3.63, 3.8) is 0 Å². The maximum absolute atomic E-state index is 8.89. The first kappa shape index (κ1) is 14.7. The Morgan fingerprint density at radius 3 is 2.08 bits per heavy atom. The van der Waals surface area contributed by atoms with E-state index >= 15 is 0 Å². The Morgan fingerprint density at radius 1 is 0.769 bits per heavy atom. The number of aliphatic hydroxyl groups is 1. The zero-order chi connectivity index (χ0) is 17.5. The lowest BCUT2D eigenvalue weighted by Crippen LogP contribution is -1.94. The van der Waals surface area contributed by atoms with Gasteiger partial charge in [0.1, 0.15) is 6.61 Å². The molecular weight excluding hydrogens is 324 g/mol. The fraction of sp³-hybridized carbons (Fsp3) is 0.0476. The van der Waals surface area contributed by atoms with Gasteiger partial charge in [0.05, 0.1) is 33.1 Å². The molecule has 5 heteroatoms. The van der Waals surface area contributed by atoms with Crippen LogP contribution in [0.5, 0.6) is 0 Å². The lowest BCUT2D eigenvalue weighted by molar-refractivity contribution is 0.350. The summed E-state index contributed by atoms with van der Waals surface area (Å²) in [5, 5.41) is 10.7. The summed E-state index contributed by atoms with van der Waals surface area (Å²) in [6.45, 7) is -0.170. The van der Waals surface area contributed by atoms with Gasteiger partial charge >= 0.3 is 0 Å². The number of fused-ring (bicyclic) bond motifs is 7. The summed E-state index contributed by atoms with van der Waals surface area (Å²) in [4.78, 5) is 18.7. The van der Waals surface area contributed by atoms with Crippen molar-refractivity contribution >= 4 is 43.9 Å². The van der Waals surface area contributed by atoms with E-state index in [-0.39, 0.29) is 6.61 Å². The normalized spacial score (nSPS) is 11.1. The first-order valence-electron chi connectivity index (χ1n) is 8.18. The fourth-order valence-corrected chi connectivity index (χ4v) is 3.22. The van der Waals surface area contributed by atoms with E-state index in [0.29, 0.717) is 0 Å². The lowest BCUT2D eigenvalue weighted by atomic mass is 10.1. The second kappa shape index (κ2) is 5.73. The maximum Gasteiger partial charge on any atom is 0.104 e. The van der Waals surface area contributed by atoms with Crippen LogP contribution in [0.2, 0.25) is 0 Å². The van der Waals surface area contributed by atoms with Gasteiger partial charge < -0.3 is 5.11 Å². The second-order valence-electron chi connectivity index (χ2n) is 5.88. The SMILES string of the molecule is OCC#Cc1ccc2nc3c4cccnc4c4ncccc4c3nc2c1. The molecule has 0 saturated heterocycles. The summed E-state index contributed by atoms with van der Waals surface area (Å²) >= 11 is 0. The average Bonchev–Trinajstić information content (AvgIpc) is 2.71. The van der Waals surface area contributed by atoms with Crippen LogP contribution in [0.3, 0.4) is 0 Å². The number of aliphatic hydroxyl groups excluding tert-OH is 1. The highest BCUT2D eigenvalue weighted by Crippen LogP contribution is 2.31. The summed E-state index contributed by atoms with van der Waals surface area (Å²) in [6, 6.07) is 13.5. The minimum Gasteiger partial charge on any atom is -0.384 e. The predicted octanol–water partition coefficient (Wildman–Crippen LogP) is 3.22. The van der Waals surface area contributed by atoms with Crippen molar-refractivity contribution in [2.45, 2.75) is 0 Å². The van der Waals surface area contributed by atoms with Crippen LogP contribution >= 0.6 is 0 Å². The molecular formula is C21H12N4O. The Bertz CT molecular complexity index is 1380. The first-order valence-corrected chi connectivity index (χ1v) is 8.18. The molecule has 3 heterocycles. The van der Waals surface area contributed by atoms with E-state index in [4.69, 9.17) is 15.1 Å². The van der Waals surface area contributed by atoms with Crippen LogP contribution < -0.4 is 0 Å². The molecule has 0 aliphatic carbocycles. The average molecular weight is 336 g/mol. The third-order valence-corrected chi connectivity index (χ3v) is 4.33. The molecule has 3 aromatic heterocycles. The van der Waals surface area contributed by atoms with Crippen molar-refractivity contribution in [1.82, 2.24) is 19.9 Å². The van der Waals surface area contributed by atoms with Gasteiger partial charge in [-0.2, -0.15) is 0 Å². The van der Waals surface area contributed by atoms with Crippen LogP contribution in [0.4, 0.5) is 0 Å². The highest BCUT2D eigenvalue weighted by Gasteiger charge is 2.13. The van der Waals surface area contributed by atoms with Crippen molar-refractivity contribution in [2.75, 3.05) is 6.61 Å². The highest BCUT2D eigenvalue weighted by atomic mass is 16.2. The van der Waals surface area contributed by atoms with Gasteiger partial charge in [-0.3, -0.25) is 9.97 Å². The number of aromatic nitrogens is 4. The summed E-state index contributed by atoms with van der Waals surface area (Å²) in [5.41, 5.74) is 5.61. The minimum absolute atomic E-state index is 0.170.